The molecule has 0 saturated carbocycles. The molecule has 0 unspecified atom stereocenters. The third kappa shape index (κ3) is 3.68. The average molecular weight is 292 g/mol. The van der Waals surface area contributed by atoms with Crippen LogP contribution in [0.2, 0.25) is 5.02 Å². The van der Waals surface area contributed by atoms with E-state index in [1.807, 2.05) is 26.0 Å². The second-order valence-electron chi connectivity index (χ2n) is 4.60. The Bertz CT molecular complexity index is 561. The minimum Gasteiger partial charge on any atom is -0.437 e. The Kier molecular flexibility index (Phi) is 4.93. The van der Waals surface area contributed by atoms with Crippen molar-refractivity contribution < 1.29 is 4.74 Å². The molecule has 1 aromatic heterocycles. The molecule has 0 spiro atoms. The van der Waals surface area contributed by atoms with Gasteiger partial charge < -0.3 is 10.1 Å². The van der Waals surface area contributed by atoms with Gasteiger partial charge in [0.2, 0.25) is 5.88 Å². The molecule has 2 rings (SSSR count). The van der Waals surface area contributed by atoms with Crippen molar-refractivity contribution in [1.82, 2.24) is 15.3 Å². The Hall–Kier alpha value is -1.65. The molecule has 0 fully saturated rings. The Morgan fingerprint density at radius 3 is 2.40 bits per heavy atom. The summed E-state index contributed by atoms with van der Waals surface area (Å²) in [6, 6.07) is 3.74. The van der Waals surface area contributed by atoms with Gasteiger partial charge >= 0.3 is 0 Å². The maximum atomic E-state index is 6.00. The van der Waals surface area contributed by atoms with Crippen LogP contribution in [0, 0.1) is 13.8 Å². The van der Waals surface area contributed by atoms with Gasteiger partial charge in [0.1, 0.15) is 5.75 Å². The summed E-state index contributed by atoms with van der Waals surface area (Å²) in [6.45, 7) is 7.59. The molecule has 0 radical (unpaired) electrons. The number of rotatable bonds is 5. The number of nitrogens with zero attached hydrogens (tertiary/aromatic N) is 2. The van der Waals surface area contributed by atoms with Gasteiger partial charge in [0.15, 0.2) is 0 Å². The summed E-state index contributed by atoms with van der Waals surface area (Å²) in [7, 11) is 0. The number of halogens is 1. The number of aryl methyl sites for hydroxylation is 2. The summed E-state index contributed by atoms with van der Waals surface area (Å²) < 4.78 is 5.80. The summed E-state index contributed by atoms with van der Waals surface area (Å²) in [5.74, 6) is 1.27. The van der Waals surface area contributed by atoms with Crippen LogP contribution in [0.5, 0.6) is 11.6 Å². The van der Waals surface area contributed by atoms with E-state index in [1.165, 1.54) is 0 Å². The van der Waals surface area contributed by atoms with Crippen LogP contribution in [0.15, 0.2) is 24.5 Å². The van der Waals surface area contributed by atoms with Gasteiger partial charge in [-0.1, -0.05) is 18.5 Å². The molecule has 5 heteroatoms. The number of hydrogen-bond acceptors (Lipinski definition) is 4. The zero-order chi connectivity index (χ0) is 14.5. The quantitative estimate of drug-likeness (QED) is 0.913. The maximum Gasteiger partial charge on any atom is 0.237 e. The molecule has 1 N–H and O–H groups in total. The van der Waals surface area contributed by atoms with E-state index < -0.39 is 0 Å². The van der Waals surface area contributed by atoms with Crippen LogP contribution in [-0.2, 0) is 6.54 Å². The summed E-state index contributed by atoms with van der Waals surface area (Å²) in [5, 5.41) is 3.91. The second-order valence-corrected chi connectivity index (χ2v) is 5.03. The lowest BCUT2D eigenvalue weighted by molar-refractivity contribution is 0.452. The van der Waals surface area contributed by atoms with Crippen molar-refractivity contribution in [1.29, 1.82) is 0 Å². The lowest BCUT2D eigenvalue weighted by Gasteiger charge is -2.11. The lowest BCUT2D eigenvalue weighted by atomic mass is 10.1. The largest absolute Gasteiger partial charge is 0.437 e. The number of nitrogens with one attached hydrogen (secondary N) is 1. The molecule has 0 aliphatic rings. The number of ether oxygens (including phenoxy) is 1. The number of hydrogen-bond donors (Lipinski definition) is 1. The van der Waals surface area contributed by atoms with Crippen LogP contribution >= 0.6 is 11.6 Å². The maximum absolute atomic E-state index is 6.00. The fourth-order valence-corrected chi connectivity index (χ4v) is 2.23. The van der Waals surface area contributed by atoms with E-state index in [4.69, 9.17) is 16.3 Å². The highest BCUT2D eigenvalue weighted by Crippen LogP contribution is 2.30. The second kappa shape index (κ2) is 6.68. The van der Waals surface area contributed by atoms with Crippen LogP contribution in [0.4, 0.5) is 0 Å². The smallest absolute Gasteiger partial charge is 0.237 e. The van der Waals surface area contributed by atoms with Crippen molar-refractivity contribution in [3.63, 3.8) is 0 Å². The Morgan fingerprint density at radius 2 is 1.85 bits per heavy atom. The Labute approximate surface area is 124 Å². The SMILES string of the molecule is CCNCc1cnc(Oc2c(C)cc(Cl)cc2C)cn1. The minimum absolute atomic E-state index is 0.485. The monoisotopic (exact) mass is 291 g/mol. The normalized spacial score (nSPS) is 10.6. The molecule has 0 aliphatic carbocycles. The molecule has 0 amide bonds. The summed E-state index contributed by atoms with van der Waals surface area (Å²) in [6.07, 6.45) is 3.36. The van der Waals surface area contributed by atoms with E-state index in [0.29, 0.717) is 17.4 Å². The molecule has 4 nitrogen and oxygen atoms in total. The number of benzene rings is 1. The summed E-state index contributed by atoms with van der Waals surface area (Å²) in [4.78, 5) is 8.59. The first kappa shape index (κ1) is 14.8. The third-order valence-corrected chi connectivity index (χ3v) is 3.09. The third-order valence-electron chi connectivity index (χ3n) is 2.87. The summed E-state index contributed by atoms with van der Waals surface area (Å²) in [5.41, 5.74) is 2.85. The summed E-state index contributed by atoms with van der Waals surface area (Å²) >= 11 is 6.00. The van der Waals surface area contributed by atoms with Gasteiger partial charge in [-0.25, -0.2) is 4.98 Å². The number of aromatic nitrogens is 2. The molecule has 0 atom stereocenters. The molecule has 2 aromatic rings. The predicted molar refractivity (Wildman–Crippen MR) is 80.4 cm³/mol. The van der Waals surface area contributed by atoms with E-state index in [2.05, 4.69) is 22.2 Å². The average Bonchev–Trinajstić information content (AvgIpc) is 2.42. The van der Waals surface area contributed by atoms with Crippen LogP contribution in [0.3, 0.4) is 0 Å². The van der Waals surface area contributed by atoms with Gasteiger partial charge in [-0.2, -0.15) is 0 Å². The van der Waals surface area contributed by atoms with Gasteiger partial charge in [-0.15, -0.1) is 0 Å². The van der Waals surface area contributed by atoms with E-state index in [1.54, 1.807) is 12.4 Å². The van der Waals surface area contributed by atoms with Gasteiger partial charge in [-0.3, -0.25) is 4.98 Å². The molecule has 20 heavy (non-hydrogen) atoms. The van der Waals surface area contributed by atoms with Gasteiger partial charge in [0, 0.05) is 11.6 Å². The fraction of sp³-hybridized carbons (Fsp3) is 0.333. The van der Waals surface area contributed by atoms with E-state index in [-0.39, 0.29) is 0 Å². The van der Waals surface area contributed by atoms with Crippen LogP contribution in [0.1, 0.15) is 23.7 Å². The van der Waals surface area contributed by atoms with E-state index in [9.17, 15) is 0 Å². The van der Waals surface area contributed by atoms with Crippen molar-refractivity contribution in [2.75, 3.05) is 6.54 Å². The lowest BCUT2D eigenvalue weighted by Crippen LogP contribution is -2.13. The molecule has 0 saturated heterocycles. The topological polar surface area (TPSA) is 47.0 Å². The predicted octanol–water partition coefficient (Wildman–Crippen LogP) is 3.65. The van der Waals surface area contributed by atoms with Crippen molar-refractivity contribution in [3.05, 3.63) is 46.4 Å². The molecule has 106 valence electrons. The zero-order valence-corrected chi connectivity index (χ0v) is 12.7. The van der Waals surface area contributed by atoms with E-state index >= 15 is 0 Å². The van der Waals surface area contributed by atoms with Gasteiger partial charge in [0.05, 0.1) is 18.1 Å². The molecule has 0 bridgehead atoms. The first-order chi connectivity index (χ1) is 9.60. The fourth-order valence-electron chi connectivity index (χ4n) is 1.90. The van der Waals surface area contributed by atoms with Gasteiger partial charge in [0.25, 0.3) is 0 Å². The van der Waals surface area contributed by atoms with Crippen molar-refractivity contribution in [2.45, 2.75) is 27.3 Å². The van der Waals surface area contributed by atoms with Crippen LogP contribution < -0.4 is 10.1 Å². The molecule has 1 aromatic carbocycles. The highest BCUT2D eigenvalue weighted by atomic mass is 35.5. The molecule has 1 heterocycles. The minimum atomic E-state index is 0.485. The van der Waals surface area contributed by atoms with Crippen molar-refractivity contribution >= 4 is 11.6 Å². The molecular formula is C15H18ClN3O. The van der Waals surface area contributed by atoms with E-state index in [0.717, 1.165) is 29.1 Å². The zero-order valence-electron chi connectivity index (χ0n) is 11.9. The molecule has 0 aliphatic heterocycles. The Morgan fingerprint density at radius 1 is 1.15 bits per heavy atom. The van der Waals surface area contributed by atoms with Gasteiger partial charge in [-0.05, 0) is 43.7 Å². The highest BCUT2D eigenvalue weighted by Gasteiger charge is 2.08. The van der Waals surface area contributed by atoms with Crippen LogP contribution in [-0.4, -0.2) is 16.5 Å². The highest BCUT2D eigenvalue weighted by molar-refractivity contribution is 6.30. The molecular weight excluding hydrogens is 274 g/mol. The van der Waals surface area contributed by atoms with Crippen molar-refractivity contribution in [2.24, 2.45) is 0 Å². The first-order valence-electron chi connectivity index (χ1n) is 6.56. The van der Waals surface area contributed by atoms with Crippen molar-refractivity contribution in [3.8, 4) is 11.6 Å². The first-order valence-corrected chi connectivity index (χ1v) is 6.94. The van der Waals surface area contributed by atoms with Crippen LogP contribution in [0.25, 0.3) is 0 Å². The standard InChI is InChI=1S/C15H18ClN3O/c1-4-17-7-13-8-19-14(9-18-13)20-15-10(2)5-12(16)6-11(15)3/h5-6,8-9,17H,4,7H2,1-3H3. The Balaban J connectivity index is 2.14.